The first-order valence-electron chi connectivity index (χ1n) is 6.82. The molecule has 0 aliphatic heterocycles. The van der Waals surface area contributed by atoms with Crippen LogP contribution in [-0.2, 0) is 11.2 Å². The zero-order valence-electron chi connectivity index (χ0n) is 11.9. The van der Waals surface area contributed by atoms with Crippen LogP contribution < -0.4 is 16.4 Å². The largest absolute Gasteiger partial charge is 0.325 e. The Hall–Kier alpha value is -3.22. The Balaban J connectivity index is 1.91. The van der Waals surface area contributed by atoms with E-state index in [1.807, 2.05) is 0 Å². The lowest BCUT2D eigenvalue weighted by Crippen LogP contribution is -2.22. The van der Waals surface area contributed by atoms with Crippen LogP contribution in [0.2, 0.25) is 0 Å². The van der Waals surface area contributed by atoms with Crippen LogP contribution in [-0.4, -0.2) is 16.1 Å². The van der Waals surface area contributed by atoms with Gasteiger partial charge in [-0.2, -0.15) is 0 Å². The summed E-state index contributed by atoms with van der Waals surface area (Å²) in [4.78, 5) is 35.7. The van der Waals surface area contributed by atoms with E-state index >= 15 is 0 Å². The van der Waals surface area contributed by atoms with Crippen molar-refractivity contribution in [3.05, 3.63) is 74.6 Å². The second-order valence-corrected chi connectivity index (χ2v) is 4.99. The van der Waals surface area contributed by atoms with Crippen LogP contribution in [0.5, 0.6) is 0 Å². The van der Waals surface area contributed by atoms with E-state index in [9.17, 15) is 18.8 Å². The van der Waals surface area contributed by atoms with Crippen LogP contribution in [0.1, 0.15) is 5.56 Å². The van der Waals surface area contributed by atoms with Gasteiger partial charge in [0, 0.05) is 0 Å². The van der Waals surface area contributed by atoms with Crippen molar-refractivity contribution in [2.24, 2.45) is 0 Å². The summed E-state index contributed by atoms with van der Waals surface area (Å²) in [5.41, 5.74) is -0.0654. The van der Waals surface area contributed by atoms with Crippen molar-refractivity contribution in [3.8, 4) is 0 Å². The quantitative estimate of drug-likeness (QED) is 0.684. The van der Waals surface area contributed by atoms with E-state index in [0.717, 1.165) is 0 Å². The molecule has 1 aromatic heterocycles. The fourth-order valence-corrected chi connectivity index (χ4v) is 2.32. The maximum Gasteiger partial charge on any atom is 0.272 e. The predicted octanol–water partition coefficient (Wildman–Crippen LogP) is 1.54. The maximum atomic E-state index is 12.9. The summed E-state index contributed by atoms with van der Waals surface area (Å²) < 4.78 is 12.9. The number of H-pyrrole nitrogens is 2. The number of halogens is 1. The van der Waals surface area contributed by atoms with Gasteiger partial charge in [0.1, 0.15) is 5.82 Å². The van der Waals surface area contributed by atoms with Gasteiger partial charge in [-0.15, -0.1) is 0 Å². The molecule has 3 aromatic rings. The van der Waals surface area contributed by atoms with Crippen LogP contribution in [0.25, 0.3) is 10.8 Å². The highest BCUT2D eigenvalue weighted by Crippen LogP contribution is 2.17. The van der Waals surface area contributed by atoms with Crippen molar-refractivity contribution in [2.75, 3.05) is 5.32 Å². The van der Waals surface area contributed by atoms with Crippen molar-refractivity contribution in [2.45, 2.75) is 6.42 Å². The Bertz CT molecular complexity index is 990. The van der Waals surface area contributed by atoms with Crippen LogP contribution in [0.4, 0.5) is 10.1 Å². The van der Waals surface area contributed by atoms with Gasteiger partial charge in [0.25, 0.3) is 11.1 Å². The summed E-state index contributed by atoms with van der Waals surface area (Å²) in [6, 6.07) is 10.2. The lowest BCUT2D eigenvalue weighted by Gasteiger charge is -2.08. The smallest absolute Gasteiger partial charge is 0.272 e. The van der Waals surface area contributed by atoms with Crippen molar-refractivity contribution in [3.63, 3.8) is 0 Å². The fourth-order valence-electron chi connectivity index (χ4n) is 2.32. The Kier molecular flexibility index (Phi) is 3.76. The van der Waals surface area contributed by atoms with Gasteiger partial charge in [-0.1, -0.05) is 18.2 Å². The highest BCUT2D eigenvalue weighted by atomic mass is 19.1. The minimum absolute atomic E-state index is 0.0256. The lowest BCUT2D eigenvalue weighted by molar-refractivity contribution is -0.115. The molecule has 23 heavy (non-hydrogen) atoms. The van der Waals surface area contributed by atoms with E-state index in [2.05, 4.69) is 15.5 Å². The molecule has 7 heteroatoms. The van der Waals surface area contributed by atoms with Gasteiger partial charge >= 0.3 is 0 Å². The molecule has 1 heterocycles. The zero-order chi connectivity index (χ0) is 16.4. The summed E-state index contributed by atoms with van der Waals surface area (Å²) >= 11 is 0. The van der Waals surface area contributed by atoms with Crippen molar-refractivity contribution in [1.82, 2.24) is 10.2 Å². The Morgan fingerprint density at radius 1 is 1.00 bits per heavy atom. The molecule has 6 nitrogen and oxygen atoms in total. The Morgan fingerprint density at radius 2 is 1.70 bits per heavy atom. The number of amides is 1. The average Bonchev–Trinajstić information content (AvgIpc) is 2.53. The molecule has 116 valence electrons. The molecular formula is C16H12FN3O3. The third-order valence-electron chi connectivity index (χ3n) is 3.38. The first-order valence-corrected chi connectivity index (χ1v) is 6.82. The number of carbonyl (C=O) groups is 1. The number of aromatic amines is 2. The summed E-state index contributed by atoms with van der Waals surface area (Å²) in [5.74, 6) is -0.752. The van der Waals surface area contributed by atoms with E-state index in [0.29, 0.717) is 5.56 Å². The molecule has 0 bridgehead atoms. The molecule has 1 amide bonds. The van der Waals surface area contributed by atoms with Gasteiger partial charge in [0.2, 0.25) is 5.91 Å². The van der Waals surface area contributed by atoms with E-state index in [4.69, 9.17) is 0 Å². The maximum absolute atomic E-state index is 12.9. The minimum atomic E-state index is -0.503. The van der Waals surface area contributed by atoms with Crippen molar-refractivity contribution < 1.29 is 9.18 Å². The van der Waals surface area contributed by atoms with Gasteiger partial charge in [0.15, 0.2) is 0 Å². The molecule has 0 fully saturated rings. The van der Waals surface area contributed by atoms with Gasteiger partial charge in [-0.25, -0.2) is 4.39 Å². The molecule has 3 N–H and O–H groups in total. The molecule has 2 aromatic carbocycles. The van der Waals surface area contributed by atoms with Crippen molar-refractivity contribution >= 4 is 22.4 Å². The number of nitrogens with one attached hydrogen (secondary N) is 3. The fraction of sp³-hybridized carbons (Fsp3) is 0.0625. The monoisotopic (exact) mass is 313 g/mol. The summed E-state index contributed by atoms with van der Waals surface area (Å²) in [6.45, 7) is 0. The summed E-state index contributed by atoms with van der Waals surface area (Å²) in [7, 11) is 0. The SMILES string of the molecule is O=C(Cc1ccc(F)cc1)Nc1cccc2c(=O)[nH][nH]c(=O)c12. The number of fused-ring (bicyclic) bond motifs is 1. The van der Waals surface area contributed by atoms with E-state index in [1.165, 1.54) is 30.3 Å². The summed E-state index contributed by atoms with van der Waals surface area (Å²) in [5, 5.41) is 7.37. The Labute approximate surface area is 129 Å². The molecule has 0 aliphatic carbocycles. The number of rotatable bonds is 3. The normalized spacial score (nSPS) is 10.7. The van der Waals surface area contributed by atoms with Crippen LogP contribution in [0.15, 0.2) is 52.1 Å². The standard InChI is InChI=1S/C16H12FN3O3/c17-10-6-4-9(5-7-10)8-13(21)18-12-3-1-2-11-14(12)16(23)20-19-15(11)22/h1-7H,8H2,(H,18,21)(H,19,22)(H,20,23). The molecule has 3 rings (SSSR count). The second kappa shape index (κ2) is 5.88. The van der Waals surface area contributed by atoms with Gasteiger partial charge in [-0.05, 0) is 29.8 Å². The van der Waals surface area contributed by atoms with E-state index in [-0.39, 0.29) is 34.6 Å². The zero-order valence-corrected chi connectivity index (χ0v) is 11.9. The van der Waals surface area contributed by atoms with Gasteiger partial charge < -0.3 is 5.32 Å². The number of benzene rings is 2. The number of hydrogen-bond acceptors (Lipinski definition) is 3. The predicted molar refractivity (Wildman–Crippen MR) is 83.9 cm³/mol. The average molecular weight is 313 g/mol. The number of hydrogen-bond donors (Lipinski definition) is 3. The number of anilines is 1. The third kappa shape index (κ3) is 3.03. The van der Waals surface area contributed by atoms with Gasteiger partial charge in [-0.3, -0.25) is 24.6 Å². The molecule has 0 saturated heterocycles. The van der Waals surface area contributed by atoms with E-state index < -0.39 is 11.1 Å². The molecule has 0 unspecified atom stereocenters. The summed E-state index contributed by atoms with van der Waals surface area (Å²) in [6.07, 6.45) is 0.0256. The molecule has 0 radical (unpaired) electrons. The lowest BCUT2D eigenvalue weighted by atomic mass is 10.1. The topological polar surface area (TPSA) is 94.8 Å². The van der Waals surface area contributed by atoms with Gasteiger partial charge in [0.05, 0.1) is 22.9 Å². The van der Waals surface area contributed by atoms with Crippen LogP contribution in [0.3, 0.4) is 0 Å². The number of carbonyl (C=O) groups excluding carboxylic acids is 1. The van der Waals surface area contributed by atoms with Crippen molar-refractivity contribution in [1.29, 1.82) is 0 Å². The first kappa shape index (κ1) is 14.7. The highest BCUT2D eigenvalue weighted by molar-refractivity contribution is 6.01. The molecule has 0 spiro atoms. The van der Waals surface area contributed by atoms with Crippen LogP contribution in [0, 0.1) is 5.82 Å². The number of aromatic nitrogens is 2. The molecule has 0 atom stereocenters. The molecule has 0 aliphatic rings. The second-order valence-electron chi connectivity index (χ2n) is 4.99. The first-order chi connectivity index (χ1) is 11.0. The molecular weight excluding hydrogens is 301 g/mol. The van der Waals surface area contributed by atoms with Crippen LogP contribution >= 0.6 is 0 Å². The molecule has 0 saturated carbocycles. The Morgan fingerprint density at radius 3 is 2.43 bits per heavy atom. The third-order valence-corrected chi connectivity index (χ3v) is 3.38. The minimum Gasteiger partial charge on any atom is -0.325 e. The van der Waals surface area contributed by atoms with E-state index in [1.54, 1.807) is 12.1 Å². The highest BCUT2D eigenvalue weighted by Gasteiger charge is 2.11.